The van der Waals surface area contributed by atoms with E-state index in [4.69, 9.17) is 9.47 Å². The van der Waals surface area contributed by atoms with Gasteiger partial charge in [-0.1, -0.05) is 17.7 Å². The third-order valence-corrected chi connectivity index (χ3v) is 3.01. The number of nitrogens with zero attached hydrogens (tertiary/aromatic N) is 1. The van der Waals surface area contributed by atoms with E-state index in [1.54, 1.807) is 13.3 Å². The Kier molecular flexibility index (Phi) is 4.96. The lowest BCUT2D eigenvalue weighted by Crippen LogP contribution is -2.08. The van der Waals surface area contributed by atoms with Crippen molar-refractivity contribution in [1.29, 1.82) is 0 Å². The lowest BCUT2D eigenvalue weighted by molar-refractivity contribution is 0.290. The topological polar surface area (TPSA) is 43.4 Å². The molecule has 0 amide bonds. The molecule has 0 saturated carbocycles. The highest BCUT2D eigenvalue weighted by Gasteiger charge is 2.07. The van der Waals surface area contributed by atoms with Gasteiger partial charge in [-0.2, -0.15) is 0 Å². The van der Waals surface area contributed by atoms with Crippen LogP contribution >= 0.6 is 0 Å². The first-order valence-electron chi connectivity index (χ1n) is 6.59. The zero-order valence-corrected chi connectivity index (χ0v) is 12.1. The maximum absolute atomic E-state index is 5.91. The summed E-state index contributed by atoms with van der Waals surface area (Å²) >= 11 is 0. The van der Waals surface area contributed by atoms with Crippen LogP contribution in [0.25, 0.3) is 0 Å². The molecule has 0 spiro atoms. The first-order chi connectivity index (χ1) is 9.74. The summed E-state index contributed by atoms with van der Waals surface area (Å²) in [5.41, 5.74) is 3.31. The van der Waals surface area contributed by atoms with E-state index in [0.29, 0.717) is 12.5 Å². The van der Waals surface area contributed by atoms with Crippen LogP contribution in [0.3, 0.4) is 0 Å². The van der Waals surface area contributed by atoms with E-state index >= 15 is 0 Å². The summed E-state index contributed by atoms with van der Waals surface area (Å²) in [6, 6.07) is 10.0. The molecule has 0 atom stereocenters. The Morgan fingerprint density at radius 1 is 1.20 bits per heavy atom. The summed E-state index contributed by atoms with van der Waals surface area (Å²) in [5.74, 6) is 1.49. The monoisotopic (exact) mass is 272 g/mol. The third kappa shape index (κ3) is 3.48. The number of hydrogen-bond acceptors (Lipinski definition) is 4. The lowest BCUT2D eigenvalue weighted by atomic mass is 10.1. The Bertz CT molecular complexity index is 570. The fourth-order valence-corrected chi connectivity index (χ4v) is 2.05. The van der Waals surface area contributed by atoms with Crippen molar-refractivity contribution < 1.29 is 9.47 Å². The van der Waals surface area contributed by atoms with Crippen LogP contribution in [0.1, 0.15) is 16.7 Å². The van der Waals surface area contributed by atoms with E-state index in [-0.39, 0.29) is 0 Å². The van der Waals surface area contributed by atoms with Crippen LogP contribution in [-0.4, -0.2) is 19.1 Å². The molecule has 0 saturated heterocycles. The summed E-state index contributed by atoms with van der Waals surface area (Å²) in [4.78, 5) is 4.17. The fourth-order valence-electron chi connectivity index (χ4n) is 2.05. The minimum atomic E-state index is 0.441. The van der Waals surface area contributed by atoms with Gasteiger partial charge in [-0.25, -0.2) is 4.98 Å². The molecule has 2 aromatic rings. The van der Waals surface area contributed by atoms with Crippen LogP contribution in [0.4, 0.5) is 0 Å². The number of nitrogens with one attached hydrogen (secondary N) is 1. The fraction of sp³-hybridized carbons (Fsp3) is 0.312. The van der Waals surface area contributed by atoms with Crippen LogP contribution < -0.4 is 14.8 Å². The van der Waals surface area contributed by atoms with Gasteiger partial charge in [0.05, 0.1) is 12.7 Å². The van der Waals surface area contributed by atoms with Gasteiger partial charge in [0.1, 0.15) is 12.4 Å². The van der Waals surface area contributed by atoms with Crippen LogP contribution in [0, 0.1) is 6.92 Å². The van der Waals surface area contributed by atoms with Gasteiger partial charge < -0.3 is 14.8 Å². The molecule has 2 rings (SSSR count). The normalized spacial score (nSPS) is 10.3. The average molecular weight is 272 g/mol. The molecule has 0 aliphatic carbocycles. The van der Waals surface area contributed by atoms with E-state index in [9.17, 15) is 0 Å². The molecule has 0 fully saturated rings. The van der Waals surface area contributed by atoms with Crippen LogP contribution in [0.2, 0.25) is 0 Å². The molecule has 0 aliphatic heterocycles. The molecule has 1 aromatic carbocycles. The summed E-state index contributed by atoms with van der Waals surface area (Å²) in [6.07, 6.45) is 1.71. The zero-order valence-electron chi connectivity index (χ0n) is 12.1. The highest BCUT2D eigenvalue weighted by Crippen LogP contribution is 2.23. The second-order valence-electron chi connectivity index (χ2n) is 4.60. The summed E-state index contributed by atoms with van der Waals surface area (Å²) in [7, 11) is 3.54. The SMILES string of the molecule is CNCc1cc(C)ccc1OCc1cccnc1OC. The van der Waals surface area contributed by atoms with Gasteiger partial charge in [-0.3, -0.25) is 0 Å². The van der Waals surface area contributed by atoms with Crippen LogP contribution in [0.5, 0.6) is 11.6 Å². The molecule has 1 N–H and O–H groups in total. The van der Waals surface area contributed by atoms with E-state index in [1.807, 2.05) is 25.2 Å². The van der Waals surface area contributed by atoms with E-state index < -0.39 is 0 Å². The largest absolute Gasteiger partial charge is 0.488 e. The maximum Gasteiger partial charge on any atom is 0.219 e. The quantitative estimate of drug-likeness (QED) is 0.878. The maximum atomic E-state index is 5.91. The van der Waals surface area contributed by atoms with Crippen molar-refractivity contribution in [3.05, 3.63) is 53.2 Å². The van der Waals surface area contributed by atoms with Crippen molar-refractivity contribution in [3.63, 3.8) is 0 Å². The Balaban J connectivity index is 2.14. The van der Waals surface area contributed by atoms with E-state index in [1.165, 1.54) is 5.56 Å². The number of pyridine rings is 1. The number of rotatable bonds is 6. The average Bonchev–Trinajstić information content (AvgIpc) is 2.47. The Morgan fingerprint density at radius 3 is 2.80 bits per heavy atom. The van der Waals surface area contributed by atoms with Gasteiger partial charge in [-0.05, 0) is 32.2 Å². The molecule has 20 heavy (non-hydrogen) atoms. The molecule has 106 valence electrons. The molecule has 0 radical (unpaired) electrons. The van der Waals surface area contributed by atoms with Gasteiger partial charge in [0, 0.05) is 18.3 Å². The standard InChI is InChI=1S/C16H20N2O2/c1-12-6-7-15(14(9-12)10-17-2)20-11-13-5-4-8-18-16(13)19-3/h4-9,17H,10-11H2,1-3H3. The molecule has 0 bridgehead atoms. The predicted molar refractivity (Wildman–Crippen MR) is 79.1 cm³/mol. The smallest absolute Gasteiger partial charge is 0.219 e. The minimum Gasteiger partial charge on any atom is -0.488 e. The van der Waals surface area contributed by atoms with E-state index in [0.717, 1.165) is 23.4 Å². The Hall–Kier alpha value is -2.07. The number of hydrogen-bond donors (Lipinski definition) is 1. The number of benzene rings is 1. The van der Waals surface area contributed by atoms with Gasteiger partial charge in [0.2, 0.25) is 5.88 Å². The number of aromatic nitrogens is 1. The number of ether oxygens (including phenoxy) is 2. The van der Waals surface area contributed by atoms with Crippen molar-refractivity contribution in [2.75, 3.05) is 14.2 Å². The number of methoxy groups -OCH3 is 1. The van der Waals surface area contributed by atoms with Gasteiger partial charge in [0.25, 0.3) is 0 Å². The molecule has 4 heteroatoms. The third-order valence-electron chi connectivity index (χ3n) is 3.01. The molecular weight excluding hydrogens is 252 g/mol. The molecular formula is C16H20N2O2. The molecule has 1 aromatic heterocycles. The summed E-state index contributed by atoms with van der Waals surface area (Å²) < 4.78 is 11.1. The lowest BCUT2D eigenvalue weighted by Gasteiger charge is -2.13. The first kappa shape index (κ1) is 14.3. The molecule has 0 aliphatic rings. The van der Waals surface area contributed by atoms with Gasteiger partial charge >= 0.3 is 0 Å². The Morgan fingerprint density at radius 2 is 2.05 bits per heavy atom. The van der Waals surface area contributed by atoms with Crippen molar-refractivity contribution in [2.24, 2.45) is 0 Å². The molecule has 4 nitrogen and oxygen atoms in total. The van der Waals surface area contributed by atoms with Gasteiger partial charge in [0.15, 0.2) is 0 Å². The highest BCUT2D eigenvalue weighted by atomic mass is 16.5. The van der Waals surface area contributed by atoms with E-state index in [2.05, 4.69) is 29.4 Å². The minimum absolute atomic E-state index is 0.441. The van der Waals surface area contributed by atoms with Gasteiger partial charge in [-0.15, -0.1) is 0 Å². The Labute approximate surface area is 119 Å². The predicted octanol–water partition coefficient (Wildman–Crippen LogP) is 2.70. The van der Waals surface area contributed by atoms with Crippen molar-refractivity contribution in [2.45, 2.75) is 20.1 Å². The van der Waals surface area contributed by atoms with Crippen molar-refractivity contribution in [3.8, 4) is 11.6 Å². The molecule has 1 heterocycles. The second kappa shape index (κ2) is 6.91. The van der Waals surface area contributed by atoms with Crippen molar-refractivity contribution in [1.82, 2.24) is 10.3 Å². The highest BCUT2D eigenvalue weighted by molar-refractivity contribution is 5.37. The zero-order chi connectivity index (χ0) is 14.4. The number of aryl methyl sites for hydroxylation is 1. The van der Waals surface area contributed by atoms with Crippen LogP contribution in [0.15, 0.2) is 36.5 Å². The summed E-state index contributed by atoms with van der Waals surface area (Å²) in [6.45, 7) is 3.30. The summed E-state index contributed by atoms with van der Waals surface area (Å²) in [5, 5.41) is 3.16. The van der Waals surface area contributed by atoms with Crippen LogP contribution in [-0.2, 0) is 13.2 Å². The van der Waals surface area contributed by atoms with Crippen molar-refractivity contribution >= 4 is 0 Å². The molecule has 0 unspecified atom stereocenters. The first-order valence-corrected chi connectivity index (χ1v) is 6.59. The second-order valence-corrected chi connectivity index (χ2v) is 4.60.